The van der Waals surface area contributed by atoms with Crippen molar-refractivity contribution >= 4 is 31.6 Å². The Morgan fingerprint density at radius 3 is 2.39 bits per heavy atom. The Hall–Kier alpha value is -0.800. The standard InChI is InChI=1S/C9H10BrF3N2O2S/c1-15(5-9(11,12)13)18(16,17)6-2-3-7(10)8(14)4-6/h2-4H,5,14H2,1H3. The Morgan fingerprint density at radius 2 is 1.94 bits per heavy atom. The van der Waals surface area contributed by atoms with Crippen molar-refractivity contribution in [3.05, 3.63) is 22.7 Å². The molecule has 0 aliphatic carbocycles. The van der Waals surface area contributed by atoms with E-state index in [4.69, 9.17) is 5.73 Å². The first-order valence-electron chi connectivity index (χ1n) is 4.62. The van der Waals surface area contributed by atoms with Crippen LogP contribution in [0.25, 0.3) is 0 Å². The SMILES string of the molecule is CN(CC(F)(F)F)S(=O)(=O)c1ccc(Br)c(N)c1. The van der Waals surface area contributed by atoms with Gasteiger partial charge < -0.3 is 5.73 Å². The van der Waals surface area contributed by atoms with Crippen LogP contribution in [0.4, 0.5) is 18.9 Å². The molecule has 0 fully saturated rings. The van der Waals surface area contributed by atoms with Crippen molar-refractivity contribution in [3.63, 3.8) is 0 Å². The van der Waals surface area contributed by atoms with E-state index in [-0.39, 0.29) is 14.9 Å². The monoisotopic (exact) mass is 346 g/mol. The van der Waals surface area contributed by atoms with Crippen LogP contribution in [0.5, 0.6) is 0 Å². The summed E-state index contributed by atoms with van der Waals surface area (Å²) in [6.45, 7) is -1.55. The lowest BCUT2D eigenvalue weighted by Crippen LogP contribution is -2.35. The molecule has 0 unspecified atom stereocenters. The van der Waals surface area contributed by atoms with Crippen molar-refractivity contribution in [2.45, 2.75) is 11.1 Å². The van der Waals surface area contributed by atoms with Crippen LogP contribution < -0.4 is 5.73 Å². The zero-order valence-corrected chi connectivity index (χ0v) is 11.6. The molecule has 0 atom stereocenters. The summed E-state index contributed by atoms with van der Waals surface area (Å²) in [6, 6.07) is 3.65. The summed E-state index contributed by atoms with van der Waals surface area (Å²) in [6.07, 6.45) is -4.59. The highest BCUT2D eigenvalue weighted by Crippen LogP contribution is 2.26. The Morgan fingerprint density at radius 1 is 1.39 bits per heavy atom. The first-order valence-corrected chi connectivity index (χ1v) is 6.85. The van der Waals surface area contributed by atoms with E-state index < -0.39 is 22.7 Å². The van der Waals surface area contributed by atoms with Crippen LogP contribution in [-0.2, 0) is 10.0 Å². The van der Waals surface area contributed by atoms with Gasteiger partial charge in [-0.25, -0.2) is 8.42 Å². The summed E-state index contributed by atoms with van der Waals surface area (Å²) in [5, 5.41) is 0. The maximum absolute atomic E-state index is 12.2. The fourth-order valence-electron chi connectivity index (χ4n) is 1.20. The number of anilines is 1. The van der Waals surface area contributed by atoms with E-state index in [0.717, 1.165) is 13.1 Å². The van der Waals surface area contributed by atoms with Crippen molar-refractivity contribution in [2.75, 3.05) is 19.3 Å². The molecule has 1 aromatic rings. The van der Waals surface area contributed by atoms with Gasteiger partial charge in [-0.3, -0.25) is 0 Å². The molecule has 0 radical (unpaired) electrons. The van der Waals surface area contributed by atoms with Crippen LogP contribution in [0.3, 0.4) is 0 Å². The Balaban J connectivity index is 3.10. The molecule has 18 heavy (non-hydrogen) atoms. The average molecular weight is 347 g/mol. The van der Waals surface area contributed by atoms with Crippen LogP contribution in [0, 0.1) is 0 Å². The summed E-state index contributed by atoms with van der Waals surface area (Å²) in [5.74, 6) is 0. The molecule has 0 heterocycles. The van der Waals surface area contributed by atoms with Gasteiger partial charge in [-0.1, -0.05) is 0 Å². The van der Waals surface area contributed by atoms with Gasteiger partial charge in [0.1, 0.15) is 6.54 Å². The molecule has 1 aromatic carbocycles. The maximum atomic E-state index is 12.2. The lowest BCUT2D eigenvalue weighted by molar-refractivity contribution is -0.134. The molecule has 0 saturated heterocycles. The Labute approximate surface area is 111 Å². The van der Waals surface area contributed by atoms with E-state index in [1.54, 1.807) is 0 Å². The number of nitrogens with two attached hydrogens (primary N) is 1. The summed E-state index contributed by atoms with van der Waals surface area (Å²) < 4.78 is 60.8. The number of halogens is 4. The first-order chi connectivity index (χ1) is 8.04. The lowest BCUT2D eigenvalue weighted by atomic mass is 10.3. The molecule has 0 bridgehead atoms. The molecule has 9 heteroatoms. The third-order valence-corrected chi connectivity index (χ3v) is 4.60. The van der Waals surface area contributed by atoms with E-state index in [1.165, 1.54) is 12.1 Å². The van der Waals surface area contributed by atoms with E-state index in [0.29, 0.717) is 4.47 Å². The number of hydrogen-bond acceptors (Lipinski definition) is 3. The molecular formula is C9H10BrF3N2O2S. The minimum atomic E-state index is -4.59. The maximum Gasteiger partial charge on any atom is 0.402 e. The second-order valence-electron chi connectivity index (χ2n) is 3.56. The number of hydrogen-bond donors (Lipinski definition) is 1. The van der Waals surface area contributed by atoms with Crippen molar-refractivity contribution in [1.82, 2.24) is 4.31 Å². The van der Waals surface area contributed by atoms with Crippen molar-refractivity contribution in [3.8, 4) is 0 Å². The van der Waals surface area contributed by atoms with Gasteiger partial charge in [-0.15, -0.1) is 0 Å². The number of sulfonamides is 1. The van der Waals surface area contributed by atoms with Gasteiger partial charge >= 0.3 is 6.18 Å². The number of nitrogen functional groups attached to an aromatic ring is 1. The topological polar surface area (TPSA) is 63.4 Å². The van der Waals surface area contributed by atoms with Crippen LogP contribution in [0.1, 0.15) is 0 Å². The van der Waals surface area contributed by atoms with E-state index in [9.17, 15) is 21.6 Å². The van der Waals surface area contributed by atoms with Crippen LogP contribution in [0.2, 0.25) is 0 Å². The summed E-state index contributed by atoms with van der Waals surface area (Å²) in [4.78, 5) is -0.282. The van der Waals surface area contributed by atoms with Gasteiger partial charge in [0, 0.05) is 17.2 Å². The van der Waals surface area contributed by atoms with Crippen molar-refractivity contribution in [2.24, 2.45) is 0 Å². The molecular weight excluding hydrogens is 337 g/mol. The molecule has 0 amide bonds. The van der Waals surface area contributed by atoms with E-state index >= 15 is 0 Å². The highest BCUT2D eigenvalue weighted by atomic mass is 79.9. The number of alkyl halides is 3. The quantitative estimate of drug-likeness (QED) is 0.853. The van der Waals surface area contributed by atoms with Crippen molar-refractivity contribution in [1.29, 1.82) is 0 Å². The fourth-order valence-corrected chi connectivity index (χ4v) is 2.64. The number of nitrogens with zero attached hydrogens (tertiary/aromatic N) is 1. The average Bonchev–Trinajstić information content (AvgIpc) is 2.19. The second kappa shape index (κ2) is 5.06. The molecule has 0 aromatic heterocycles. The largest absolute Gasteiger partial charge is 0.402 e. The van der Waals surface area contributed by atoms with Gasteiger partial charge in [0.2, 0.25) is 10.0 Å². The Bertz CT molecular complexity index is 545. The number of benzene rings is 1. The van der Waals surface area contributed by atoms with Gasteiger partial charge in [0.05, 0.1) is 4.90 Å². The van der Waals surface area contributed by atoms with Crippen LogP contribution in [0.15, 0.2) is 27.6 Å². The predicted octanol–water partition coefficient (Wildman–Crippen LogP) is 2.21. The number of rotatable bonds is 3. The Kier molecular flexibility index (Phi) is 4.29. The highest BCUT2D eigenvalue weighted by Gasteiger charge is 2.34. The third-order valence-electron chi connectivity index (χ3n) is 2.08. The van der Waals surface area contributed by atoms with Gasteiger partial charge in [-0.05, 0) is 34.1 Å². The molecule has 0 saturated carbocycles. The molecule has 1 rings (SSSR count). The minimum absolute atomic E-state index is 0.136. The molecule has 2 N–H and O–H groups in total. The van der Waals surface area contributed by atoms with E-state index in [2.05, 4.69) is 15.9 Å². The fraction of sp³-hybridized carbons (Fsp3) is 0.333. The zero-order chi connectivity index (χ0) is 14.1. The lowest BCUT2D eigenvalue weighted by Gasteiger charge is -2.19. The smallest absolute Gasteiger partial charge is 0.398 e. The first kappa shape index (κ1) is 15.3. The molecule has 0 spiro atoms. The predicted molar refractivity (Wildman–Crippen MR) is 64.4 cm³/mol. The summed E-state index contributed by atoms with van der Waals surface area (Å²) >= 11 is 3.07. The van der Waals surface area contributed by atoms with Gasteiger partial charge in [0.15, 0.2) is 0 Å². The van der Waals surface area contributed by atoms with Crippen LogP contribution >= 0.6 is 15.9 Å². The molecule has 0 aliphatic rings. The summed E-state index contributed by atoms with van der Waals surface area (Å²) in [5.41, 5.74) is 5.63. The van der Waals surface area contributed by atoms with Gasteiger partial charge in [0.25, 0.3) is 0 Å². The van der Waals surface area contributed by atoms with E-state index in [1.807, 2.05) is 0 Å². The van der Waals surface area contributed by atoms with Crippen LogP contribution in [-0.4, -0.2) is 32.5 Å². The zero-order valence-electron chi connectivity index (χ0n) is 9.20. The molecule has 4 nitrogen and oxygen atoms in total. The molecule has 0 aliphatic heterocycles. The summed E-state index contributed by atoms with van der Waals surface area (Å²) in [7, 11) is -3.34. The normalized spacial score (nSPS) is 13.0. The minimum Gasteiger partial charge on any atom is -0.398 e. The van der Waals surface area contributed by atoms with Crippen molar-refractivity contribution < 1.29 is 21.6 Å². The van der Waals surface area contributed by atoms with Gasteiger partial charge in [-0.2, -0.15) is 17.5 Å². The highest BCUT2D eigenvalue weighted by molar-refractivity contribution is 9.10. The third kappa shape index (κ3) is 3.59. The second-order valence-corrected chi connectivity index (χ2v) is 6.46. The molecule has 102 valence electrons.